The van der Waals surface area contributed by atoms with Gasteiger partial charge in [-0.15, -0.1) is 0 Å². The molecule has 0 saturated carbocycles. The van der Waals surface area contributed by atoms with Crippen molar-refractivity contribution in [3.8, 4) is 0 Å². The molecule has 1 aliphatic rings. The molecule has 0 saturated heterocycles. The molecule has 152 valence electrons. The minimum Gasteiger partial charge on any atom is -0.347 e. The molecule has 2 aromatic carbocycles. The number of imidazole rings is 1. The van der Waals surface area contributed by atoms with Crippen LogP contribution in [-0.4, -0.2) is 29.1 Å². The van der Waals surface area contributed by atoms with Gasteiger partial charge in [0.15, 0.2) is 0 Å². The number of nitrogens with one attached hydrogen (secondary N) is 3. The zero-order chi connectivity index (χ0) is 20.1. The molecule has 0 radical (unpaired) electrons. The normalized spacial score (nSPS) is 16.2. The molecule has 1 aliphatic heterocycles. The number of halogens is 2. The van der Waals surface area contributed by atoms with Gasteiger partial charge >= 0.3 is 0 Å². The summed E-state index contributed by atoms with van der Waals surface area (Å²) in [6, 6.07) is 13.6. The zero-order valence-electron chi connectivity index (χ0n) is 16.3. The average Bonchev–Trinajstić information content (AvgIpc) is 3.20. The van der Waals surface area contributed by atoms with Crippen molar-refractivity contribution in [1.82, 2.24) is 20.6 Å². The van der Waals surface area contributed by atoms with Gasteiger partial charge in [0.2, 0.25) is 0 Å². The largest absolute Gasteiger partial charge is 0.347 e. The lowest BCUT2D eigenvalue weighted by Crippen LogP contribution is -2.43. The molecule has 0 spiro atoms. The Balaban J connectivity index is 1.30. The van der Waals surface area contributed by atoms with Crippen LogP contribution in [-0.2, 0) is 13.0 Å². The van der Waals surface area contributed by atoms with Crippen molar-refractivity contribution in [3.63, 3.8) is 0 Å². The van der Waals surface area contributed by atoms with E-state index in [0.29, 0.717) is 6.04 Å². The second-order valence-corrected chi connectivity index (χ2v) is 7.61. The summed E-state index contributed by atoms with van der Waals surface area (Å²) < 4.78 is 26.7. The van der Waals surface area contributed by atoms with Crippen LogP contribution in [0, 0.1) is 11.6 Å². The van der Waals surface area contributed by atoms with E-state index in [9.17, 15) is 8.78 Å². The Morgan fingerprint density at radius 3 is 2.31 bits per heavy atom. The Morgan fingerprint density at radius 1 is 1.00 bits per heavy atom. The van der Waals surface area contributed by atoms with Crippen molar-refractivity contribution >= 4 is 0 Å². The Hall–Kier alpha value is -2.57. The number of fused-ring (bicyclic) bond motifs is 1. The van der Waals surface area contributed by atoms with E-state index in [1.54, 1.807) is 6.33 Å². The van der Waals surface area contributed by atoms with Crippen molar-refractivity contribution in [1.29, 1.82) is 0 Å². The number of aromatic amines is 1. The molecule has 29 heavy (non-hydrogen) atoms. The van der Waals surface area contributed by atoms with Gasteiger partial charge in [0.25, 0.3) is 0 Å². The van der Waals surface area contributed by atoms with Crippen LogP contribution in [0.25, 0.3) is 0 Å². The van der Waals surface area contributed by atoms with Gasteiger partial charge in [-0.3, -0.25) is 0 Å². The molecule has 0 amide bonds. The molecule has 6 heteroatoms. The van der Waals surface area contributed by atoms with Gasteiger partial charge in [-0.25, -0.2) is 13.8 Å². The van der Waals surface area contributed by atoms with Gasteiger partial charge in [-0.1, -0.05) is 24.3 Å². The minimum absolute atomic E-state index is 0.123. The predicted molar refractivity (Wildman–Crippen MR) is 110 cm³/mol. The van der Waals surface area contributed by atoms with Crippen molar-refractivity contribution in [2.24, 2.45) is 0 Å². The van der Waals surface area contributed by atoms with Gasteiger partial charge in [-0.05, 0) is 54.8 Å². The third-order valence-electron chi connectivity index (χ3n) is 5.60. The van der Waals surface area contributed by atoms with Crippen molar-refractivity contribution in [2.45, 2.75) is 37.8 Å². The van der Waals surface area contributed by atoms with E-state index in [2.05, 4.69) is 20.6 Å². The van der Waals surface area contributed by atoms with Crippen LogP contribution in [0.1, 0.15) is 41.3 Å². The fraction of sp³-hybridized carbons (Fsp3) is 0.348. The van der Waals surface area contributed by atoms with Crippen LogP contribution in [0.5, 0.6) is 0 Å². The summed E-state index contributed by atoms with van der Waals surface area (Å²) in [5.41, 5.74) is 4.45. The summed E-state index contributed by atoms with van der Waals surface area (Å²) in [5.74, 6) is -0.362. The molecule has 3 aromatic rings. The Kier molecular flexibility index (Phi) is 6.32. The van der Waals surface area contributed by atoms with E-state index in [4.69, 9.17) is 0 Å². The first-order valence-electron chi connectivity index (χ1n) is 10.1. The third-order valence-corrected chi connectivity index (χ3v) is 5.60. The summed E-state index contributed by atoms with van der Waals surface area (Å²) >= 11 is 0. The van der Waals surface area contributed by atoms with Crippen molar-refractivity contribution in [3.05, 3.63) is 89.0 Å². The van der Waals surface area contributed by atoms with Crippen molar-refractivity contribution in [2.75, 3.05) is 13.1 Å². The highest BCUT2D eigenvalue weighted by Gasteiger charge is 2.19. The second-order valence-electron chi connectivity index (χ2n) is 7.61. The molecular weight excluding hydrogens is 370 g/mol. The molecule has 0 unspecified atom stereocenters. The first-order valence-corrected chi connectivity index (χ1v) is 10.1. The summed E-state index contributed by atoms with van der Waals surface area (Å²) in [6.45, 7) is 2.62. The number of aromatic nitrogens is 2. The molecular formula is C23H26F2N4. The highest BCUT2D eigenvalue weighted by Crippen LogP contribution is 2.29. The van der Waals surface area contributed by atoms with Gasteiger partial charge in [0.1, 0.15) is 11.6 Å². The smallest absolute Gasteiger partial charge is 0.123 e. The van der Waals surface area contributed by atoms with Crippen LogP contribution < -0.4 is 10.6 Å². The highest BCUT2D eigenvalue weighted by molar-refractivity contribution is 5.32. The number of H-pyrrole nitrogens is 1. The summed E-state index contributed by atoms with van der Waals surface area (Å²) in [4.78, 5) is 7.54. The monoisotopic (exact) mass is 396 g/mol. The highest BCUT2D eigenvalue weighted by atomic mass is 19.1. The number of nitrogens with zero attached hydrogens (tertiary/aromatic N) is 1. The van der Waals surface area contributed by atoms with Gasteiger partial charge in [0.05, 0.1) is 17.7 Å². The summed E-state index contributed by atoms with van der Waals surface area (Å²) in [7, 11) is 0. The summed E-state index contributed by atoms with van der Waals surface area (Å²) in [6.07, 6.45) is 4.57. The van der Waals surface area contributed by atoms with E-state index >= 15 is 0 Å². The van der Waals surface area contributed by atoms with Crippen LogP contribution in [0.15, 0.2) is 54.9 Å². The minimum atomic E-state index is -0.242. The molecule has 4 rings (SSSR count). The quantitative estimate of drug-likeness (QED) is 0.506. The van der Waals surface area contributed by atoms with E-state index in [0.717, 1.165) is 55.7 Å². The third kappa shape index (κ3) is 5.08. The Morgan fingerprint density at radius 2 is 1.66 bits per heavy atom. The molecule has 1 aromatic heterocycles. The Bertz CT molecular complexity index is 860. The average molecular weight is 396 g/mol. The van der Waals surface area contributed by atoms with Gasteiger partial charge in [0, 0.05) is 31.5 Å². The molecule has 2 heterocycles. The second kappa shape index (κ2) is 9.29. The molecule has 4 nitrogen and oxygen atoms in total. The van der Waals surface area contributed by atoms with Crippen LogP contribution in [0.2, 0.25) is 0 Å². The van der Waals surface area contributed by atoms with Gasteiger partial charge in [-0.2, -0.15) is 0 Å². The Labute approximate surface area is 169 Å². The lowest BCUT2D eigenvalue weighted by molar-refractivity contribution is 0.437. The van der Waals surface area contributed by atoms with E-state index in [1.807, 2.05) is 24.3 Å². The van der Waals surface area contributed by atoms with E-state index < -0.39 is 0 Å². The standard InChI is InChI=1S/C23H26F2N4/c24-18-7-3-16(4-8-18)21(17-5-9-19(25)10-6-17)2-1-11-26-13-20-12-22-23(14-27-20)29-15-28-22/h3-10,15,20-21,26-27H,1-2,11-14H2,(H,28,29)/t20-/m0/s1. The first kappa shape index (κ1) is 19.7. The van der Waals surface area contributed by atoms with Crippen molar-refractivity contribution < 1.29 is 8.78 Å². The maximum absolute atomic E-state index is 13.3. The summed E-state index contributed by atoms with van der Waals surface area (Å²) in [5, 5.41) is 7.05. The molecule has 1 atom stereocenters. The molecule has 3 N–H and O–H groups in total. The van der Waals surface area contributed by atoms with Crippen LogP contribution in [0.4, 0.5) is 8.78 Å². The van der Waals surface area contributed by atoms with Crippen LogP contribution in [0.3, 0.4) is 0 Å². The zero-order valence-corrected chi connectivity index (χ0v) is 16.3. The predicted octanol–water partition coefficient (Wildman–Crippen LogP) is 3.90. The van der Waals surface area contributed by atoms with Crippen LogP contribution >= 0.6 is 0 Å². The maximum atomic E-state index is 13.3. The number of rotatable bonds is 8. The topological polar surface area (TPSA) is 52.7 Å². The lowest BCUT2D eigenvalue weighted by atomic mass is 9.87. The fourth-order valence-electron chi connectivity index (χ4n) is 4.00. The molecule has 0 fully saturated rings. The lowest BCUT2D eigenvalue weighted by Gasteiger charge is -2.23. The molecule has 0 aliphatic carbocycles. The first-order chi connectivity index (χ1) is 14.2. The number of hydrogen-bond acceptors (Lipinski definition) is 3. The SMILES string of the molecule is Fc1ccc(C(CCCNC[C@@H]2Cc3nc[nH]c3CN2)c2ccc(F)cc2)cc1. The number of benzene rings is 2. The van der Waals surface area contributed by atoms with Gasteiger partial charge < -0.3 is 15.6 Å². The van der Waals surface area contributed by atoms with E-state index in [1.165, 1.54) is 30.0 Å². The number of hydrogen-bond donors (Lipinski definition) is 3. The molecule has 0 bridgehead atoms. The fourth-order valence-corrected chi connectivity index (χ4v) is 4.00. The maximum Gasteiger partial charge on any atom is 0.123 e. The van der Waals surface area contributed by atoms with E-state index in [-0.39, 0.29) is 17.6 Å².